The maximum Gasteiger partial charge on any atom is 0.0991 e. The summed E-state index contributed by atoms with van der Waals surface area (Å²) < 4.78 is 0. The number of benzene rings is 1. The van der Waals surface area contributed by atoms with E-state index in [1.54, 1.807) is 0 Å². The van der Waals surface area contributed by atoms with E-state index in [1.807, 2.05) is 32.0 Å². The summed E-state index contributed by atoms with van der Waals surface area (Å²) in [6.07, 6.45) is 2.14. The van der Waals surface area contributed by atoms with Crippen LogP contribution in [0.4, 0.5) is 5.69 Å². The topological polar surface area (TPSA) is 36.1 Å². The maximum atomic E-state index is 8.73. The number of aryl methyl sites for hydroxylation is 1. The van der Waals surface area contributed by atoms with Crippen molar-refractivity contribution in [3.05, 3.63) is 29.3 Å². The van der Waals surface area contributed by atoms with E-state index in [-0.39, 0.29) is 0 Å². The molecule has 0 fully saturated rings. The highest BCUT2D eigenvalue weighted by molar-refractivity contribution is 5.84. The van der Waals surface area contributed by atoms with Crippen LogP contribution in [0.15, 0.2) is 23.2 Å². The average molecular weight is 200 g/mol. The fourth-order valence-electron chi connectivity index (χ4n) is 1.47. The van der Waals surface area contributed by atoms with Gasteiger partial charge in [0.05, 0.1) is 17.3 Å². The summed E-state index contributed by atoms with van der Waals surface area (Å²) in [6.45, 7) is 6.17. The Hall–Kier alpha value is -1.62. The van der Waals surface area contributed by atoms with Crippen molar-refractivity contribution < 1.29 is 0 Å². The van der Waals surface area contributed by atoms with Crippen molar-refractivity contribution >= 4 is 11.4 Å². The largest absolute Gasteiger partial charge is 0.258 e. The Morgan fingerprint density at radius 2 is 2.20 bits per heavy atom. The number of nitriles is 1. The second kappa shape index (κ2) is 5.31. The summed E-state index contributed by atoms with van der Waals surface area (Å²) in [5.74, 6) is 0. The molecule has 2 nitrogen and oxygen atoms in total. The highest BCUT2D eigenvalue weighted by Crippen LogP contribution is 2.20. The molecule has 0 amide bonds. The smallest absolute Gasteiger partial charge is 0.0991 e. The van der Waals surface area contributed by atoms with E-state index in [2.05, 4.69) is 18.0 Å². The molecule has 0 aliphatic carbocycles. The Labute approximate surface area is 91.3 Å². The van der Waals surface area contributed by atoms with Gasteiger partial charge in [0.2, 0.25) is 0 Å². The van der Waals surface area contributed by atoms with Crippen molar-refractivity contribution in [2.45, 2.75) is 33.6 Å². The van der Waals surface area contributed by atoms with Gasteiger partial charge in [-0.25, -0.2) is 0 Å². The first kappa shape index (κ1) is 11.5. The molecular formula is C13H16N2. The van der Waals surface area contributed by atoms with E-state index >= 15 is 0 Å². The molecule has 0 atom stereocenters. The summed E-state index contributed by atoms with van der Waals surface area (Å²) in [4.78, 5) is 4.53. The van der Waals surface area contributed by atoms with Crippen molar-refractivity contribution in [2.75, 3.05) is 0 Å². The molecule has 0 saturated heterocycles. The lowest BCUT2D eigenvalue weighted by atomic mass is 10.1. The van der Waals surface area contributed by atoms with Gasteiger partial charge in [0.1, 0.15) is 0 Å². The molecule has 0 spiro atoms. The van der Waals surface area contributed by atoms with E-state index in [0.717, 1.165) is 29.8 Å². The summed E-state index contributed by atoms with van der Waals surface area (Å²) in [5.41, 5.74) is 3.87. The number of hydrogen-bond donors (Lipinski definition) is 0. The van der Waals surface area contributed by atoms with Crippen LogP contribution in [-0.2, 0) is 0 Å². The van der Waals surface area contributed by atoms with Crippen LogP contribution in [0.5, 0.6) is 0 Å². The number of rotatable bonds is 3. The minimum atomic E-state index is 0.694. The molecule has 2 heteroatoms. The molecule has 0 bridgehead atoms. The molecule has 0 saturated carbocycles. The molecular weight excluding hydrogens is 184 g/mol. The number of aliphatic imine (C=N–C) groups is 1. The molecule has 15 heavy (non-hydrogen) atoms. The normalized spacial score (nSPS) is 11.2. The van der Waals surface area contributed by atoms with Gasteiger partial charge in [-0.1, -0.05) is 13.3 Å². The minimum Gasteiger partial charge on any atom is -0.258 e. The number of hydrogen-bond acceptors (Lipinski definition) is 2. The summed E-state index contributed by atoms with van der Waals surface area (Å²) in [6, 6.07) is 7.72. The first-order valence-corrected chi connectivity index (χ1v) is 5.22. The van der Waals surface area contributed by atoms with Crippen LogP contribution >= 0.6 is 0 Å². The van der Waals surface area contributed by atoms with Crippen molar-refractivity contribution in [3.63, 3.8) is 0 Å². The van der Waals surface area contributed by atoms with Crippen LogP contribution in [-0.4, -0.2) is 5.71 Å². The van der Waals surface area contributed by atoms with Gasteiger partial charge < -0.3 is 0 Å². The standard InChI is InChI=1S/C13H16N2/c1-4-5-11(3)15-13-7-6-12(9-14)8-10(13)2/h6-8H,4-5H2,1-3H3. The van der Waals surface area contributed by atoms with Gasteiger partial charge in [0, 0.05) is 5.71 Å². The lowest BCUT2D eigenvalue weighted by molar-refractivity contribution is 0.987. The van der Waals surface area contributed by atoms with E-state index in [4.69, 9.17) is 5.26 Å². The number of nitrogens with zero attached hydrogens (tertiary/aromatic N) is 2. The van der Waals surface area contributed by atoms with Gasteiger partial charge in [-0.15, -0.1) is 0 Å². The zero-order chi connectivity index (χ0) is 11.3. The van der Waals surface area contributed by atoms with E-state index in [0.29, 0.717) is 5.56 Å². The Balaban J connectivity index is 2.97. The van der Waals surface area contributed by atoms with Crippen molar-refractivity contribution in [1.29, 1.82) is 5.26 Å². The second-order valence-corrected chi connectivity index (χ2v) is 3.71. The van der Waals surface area contributed by atoms with Crippen molar-refractivity contribution in [1.82, 2.24) is 0 Å². The molecule has 0 aromatic heterocycles. The monoisotopic (exact) mass is 200 g/mol. The van der Waals surface area contributed by atoms with Gasteiger partial charge in [-0.05, 0) is 44.0 Å². The predicted molar refractivity (Wildman–Crippen MR) is 63.6 cm³/mol. The second-order valence-electron chi connectivity index (χ2n) is 3.71. The van der Waals surface area contributed by atoms with Crippen LogP contribution < -0.4 is 0 Å². The zero-order valence-corrected chi connectivity index (χ0v) is 9.54. The van der Waals surface area contributed by atoms with Gasteiger partial charge in [-0.3, -0.25) is 4.99 Å². The van der Waals surface area contributed by atoms with E-state index < -0.39 is 0 Å². The lowest BCUT2D eigenvalue weighted by Gasteiger charge is -2.02. The van der Waals surface area contributed by atoms with Crippen LogP contribution in [0.1, 0.15) is 37.8 Å². The molecule has 1 aromatic rings. The fraction of sp³-hybridized carbons (Fsp3) is 0.385. The Morgan fingerprint density at radius 1 is 1.47 bits per heavy atom. The molecule has 0 radical (unpaired) electrons. The third-order valence-electron chi connectivity index (χ3n) is 2.25. The first-order valence-electron chi connectivity index (χ1n) is 5.22. The van der Waals surface area contributed by atoms with E-state index in [1.165, 1.54) is 0 Å². The molecule has 0 heterocycles. The van der Waals surface area contributed by atoms with Gasteiger partial charge in [0.15, 0.2) is 0 Å². The SMILES string of the molecule is CCCC(C)=Nc1ccc(C#N)cc1C. The van der Waals surface area contributed by atoms with Crippen LogP contribution in [0.2, 0.25) is 0 Å². The molecule has 0 N–H and O–H groups in total. The highest BCUT2D eigenvalue weighted by Gasteiger charge is 1.98. The quantitative estimate of drug-likeness (QED) is 0.684. The molecule has 1 rings (SSSR count). The third kappa shape index (κ3) is 3.21. The summed E-state index contributed by atoms with van der Waals surface area (Å²) >= 11 is 0. The lowest BCUT2D eigenvalue weighted by Crippen LogP contribution is -1.89. The van der Waals surface area contributed by atoms with Crippen molar-refractivity contribution in [2.24, 2.45) is 4.99 Å². The van der Waals surface area contributed by atoms with Crippen molar-refractivity contribution in [3.8, 4) is 6.07 Å². The fourth-order valence-corrected chi connectivity index (χ4v) is 1.47. The molecule has 0 unspecified atom stereocenters. The van der Waals surface area contributed by atoms with Crippen LogP contribution in [0.25, 0.3) is 0 Å². The minimum absolute atomic E-state index is 0.694. The Kier molecular flexibility index (Phi) is 4.05. The van der Waals surface area contributed by atoms with Crippen LogP contribution in [0.3, 0.4) is 0 Å². The molecule has 0 aliphatic rings. The predicted octanol–water partition coefficient (Wildman–Crippen LogP) is 3.76. The highest BCUT2D eigenvalue weighted by atomic mass is 14.7. The Bertz CT molecular complexity index is 411. The maximum absolute atomic E-state index is 8.73. The van der Waals surface area contributed by atoms with Gasteiger partial charge in [0.25, 0.3) is 0 Å². The molecule has 0 aliphatic heterocycles. The third-order valence-corrected chi connectivity index (χ3v) is 2.25. The Morgan fingerprint density at radius 3 is 2.73 bits per heavy atom. The summed E-state index contributed by atoms with van der Waals surface area (Å²) in [5, 5.41) is 8.73. The zero-order valence-electron chi connectivity index (χ0n) is 9.54. The average Bonchev–Trinajstić information content (AvgIpc) is 2.21. The van der Waals surface area contributed by atoms with Crippen LogP contribution in [0, 0.1) is 18.3 Å². The molecule has 1 aromatic carbocycles. The molecule has 78 valence electrons. The van der Waals surface area contributed by atoms with E-state index in [9.17, 15) is 0 Å². The first-order chi connectivity index (χ1) is 7.17. The summed E-state index contributed by atoms with van der Waals surface area (Å²) in [7, 11) is 0. The van der Waals surface area contributed by atoms with Gasteiger partial charge in [-0.2, -0.15) is 5.26 Å². The van der Waals surface area contributed by atoms with Gasteiger partial charge >= 0.3 is 0 Å².